The van der Waals surface area contributed by atoms with Gasteiger partial charge in [0.1, 0.15) is 11.6 Å². The third kappa shape index (κ3) is 4.28. The fraction of sp³-hybridized carbons (Fsp3) is 0.300. The molecule has 3 aromatic rings. The number of nitrogens with two attached hydrogens (primary N) is 1. The molecule has 4 rings (SSSR count). The number of carbonyl (C=O) groups is 1. The summed E-state index contributed by atoms with van der Waals surface area (Å²) in [6, 6.07) is 9.81. The monoisotopic (exact) mass is 394 g/mol. The molecule has 1 aliphatic heterocycles. The summed E-state index contributed by atoms with van der Waals surface area (Å²) >= 11 is 1.61. The number of aryl methyl sites for hydroxylation is 1. The van der Waals surface area contributed by atoms with Gasteiger partial charge < -0.3 is 16.0 Å². The first-order valence-corrected chi connectivity index (χ1v) is 10.0. The highest BCUT2D eigenvalue weighted by Gasteiger charge is 2.26. The zero-order valence-electron chi connectivity index (χ0n) is 15.6. The Hall–Kier alpha value is -3.00. The number of amides is 1. The number of pyridine rings is 2. The van der Waals surface area contributed by atoms with E-state index < -0.39 is 0 Å². The number of aromatic nitrogens is 3. The molecule has 1 atom stereocenters. The van der Waals surface area contributed by atoms with E-state index >= 15 is 0 Å². The Labute approximate surface area is 167 Å². The SMILES string of the molecule is Cc1ccnc(Nc2cccc(-c3cnc(N4CC[C@H](CC(N)=O)C4)s3)n2)c1. The van der Waals surface area contributed by atoms with Crippen LogP contribution in [0.15, 0.2) is 42.7 Å². The van der Waals surface area contributed by atoms with Gasteiger partial charge in [0.25, 0.3) is 0 Å². The number of thiazole rings is 1. The van der Waals surface area contributed by atoms with Crippen molar-refractivity contribution in [3.63, 3.8) is 0 Å². The second kappa shape index (κ2) is 7.93. The van der Waals surface area contributed by atoms with Crippen LogP contribution < -0.4 is 16.0 Å². The first-order valence-electron chi connectivity index (χ1n) is 9.23. The van der Waals surface area contributed by atoms with Crippen molar-refractivity contribution in [2.45, 2.75) is 19.8 Å². The highest BCUT2D eigenvalue weighted by Crippen LogP contribution is 2.34. The minimum Gasteiger partial charge on any atom is -0.370 e. The van der Waals surface area contributed by atoms with Crippen molar-refractivity contribution in [2.24, 2.45) is 11.7 Å². The summed E-state index contributed by atoms with van der Waals surface area (Å²) in [6.45, 7) is 3.75. The number of anilines is 3. The van der Waals surface area contributed by atoms with Crippen LogP contribution in [-0.2, 0) is 4.79 Å². The fourth-order valence-corrected chi connectivity index (χ4v) is 4.29. The van der Waals surface area contributed by atoms with Gasteiger partial charge in [-0.1, -0.05) is 17.4 Å². The number of rotatable bonds is 6. The lowest BCUT2D eigenvalue weighted by atomic mass is 10.1. The van der Waals surface area contributed by atoms with Crippen LogP contribution >= 0.6 is 11.3 Å². The molecule has 0 aliphatic carbocycles. The molecule has 4 heterocycles. The summed E-state index contributed by atoms with van der Waals surface area (Å²) in [5.74, 6) is 1.60. The van der Waals surface area contributed by atoms with Crippen molar-refractivity contribution < 1.29 is 4.79 Å². The molecule has 3 aromatic heterocycles. The highest BCUT2D eigenvalue weighted by molar-refractivity contribution is 7.18. The number of nitrogens with one attached hydrogen (secondary N) is 1. The first-order chi connectivity index (χ1) is 13.6. The summed E-state index contributed by atoms with van der Waals surface area (Å²) in [4.78, 5) is 28.0. The molecular formula is C20H22N6OS. The van der Waals surface area contributed by atoms with Crippen molar-refractivity contribution in [2.75, 3.05) is 23.3 Å². The molecule has 1 fully saturated rings. The van der Waals surface area contributed by atoms with E-state index in [1.54, 1.807) is 17.5 Å². The molecule has 0 unspecified atom stereocenters. The van der Waals surface area contributed by atoms with E-state index in [1.807, 2.05) is 43.5 Å². The molecule has 28 heavy (non-hydrogen) atoms. The topological polar surface area (TPSA) is 97.0 Å². The molecule has 0 saturated carbocycles. The van der Waals surface area contributed by atoms with Gasteiger partial charge in [-0.15, -0.1) is 0 Å². The molecule has 3 N–H and O–H groups in total. The molecule has 1 aliphatic rings. The van der Waals surface area contributed by atoms with Gasteiger partial charge in [-0.2, -0.15) is 0 Å². The van der Waals surface area contributed by atoms with Gasteiger partial charge in [-0.25, -0.2) is 15.0 Å². The van der Waals surface area contributed by atoms with Crippen molar-refractivity contribution in [3.05, 3.63) is 48.3 Å². The molecule has 0 bridgehead atoms. The average Bonchev–Trinajstić information content (AvgIpc) is 3.31. The molecule has 8 heteroatoms. The Morgan fingerprint density at radius 3 is 3.04 bits per heavy atom. The Kier molecular flexibility index (Phi) is 5.21. The van der Waals surface area contributed by atoms with Crippen LogP contribution in [0.2, 0.25) is 0 Å². The second-order valence-electron chi connectivity index (χ2n) is 7.03. The number of hydrogen-bond donors (Lipinski definition) is 2. The lowest BCUT2D eigenvalue weighted by molar-refractivity contribution is -0.118. The Morgan fingerprint density at radius 1 is 1.32 bits per heavy atom. The van der Waals surface area contributed by atoms with Crippen molar-refractivity contribution >= 4 is 34.0 Å². The fourth-order valence-electron chi connectivity index (χ4n) is 3.36. The number of hydrogen-bond acceptors (Lipinski definition) is 7. The van der Waals surface area contributed by atoms with Crippen molar-refractivity contribution in [3.8, 4) is 10.6 Å². The van der Waals surface area contributed by atoms with Crippen LogP contribution in [0.1, 0.15) is 18.4 Å². The number of primary amides is 1. The molecule has 1 saturated heterocycles. The molecule has 7 nitrogen and oxygen atoms in total. The van der Waals surface area contributed by atoms with E-state index in [9.17, 15) is 4.79 Å². The standard InChI is InChI=1S/C20H22N6OS/c1-13-5-7-22-19(9-13)25-18-4-2-3-15(24-18)16-11-23-20(28-16)26-8-6-14(12-26)10-17(21)27/h2-5,7,9,11,14H,6,8,10,12H2,1H3,(H2,21,27)(H,22,24,25)/t14-/m1/s1. The van der Waals surface area contributed by atoms with E-state index in [4.69, 9.17) is 10.7 Å². The van der Waals surface area contributed by atoms with Gasteiger partial charge >= 0.3 is 0 Å². The minimum absolute atomic E-state index is 0.233. The van der Waals surface area contributed by atoms with Crippen LogP contribution in [0.5, 0.6) is 0 Å². The van der Waals surface area contributed by atoms with Crippen LogP contribution in [-0.4, -0.2) is 33.9 Å². The maximum atomic E-state index is 11.1. The van der Waals surface area contributed by atoms with Crippen molar-refractivity contribution in [1.29, 1.82) is 0 Å². The Morgan fingerprint density at radius 2 is 2.21 bits per heavy atom. The van der Waals surface area contributed by atoms with Crippen LogP contribution in [0, 0.1) is 12.8 Å². The van der Waals surface area contributed by atoms with Gasteiger partial charge in [0.05, 0.1) is 10.6 Å². The predicted octanol–water partition coefficient (Wildman–Crippen LogP) is 3.35. The molecule has 0 spiro atoms. The molecular weight excluding hydrogens is 372 g/mol. The van der Waals surface area contributed by atoms with Gasteiger partial charge in [0.15, 0.2) is 5.13 Å². The largest absolute Gasteiger partial charge is 0.370 e. The zero-order valence-corrected chi connectivity index (χ0v) is 16.4. The lowest BCUT2D eigenvalue weighted by Crippen LogP contribution is -2.22. The molecule has 1 amide bonds. The van der Waals surface area contributed by atoms with E-state index in [2.05, 4.69) is 20.2 Å². The summed E-state index contributed by atoms with van der Waals surface area (Å²) in [7, 11) is 0. The van der Waals surface area contributed by atoms with Gasteiger partial charge in [-0.3, -0.25) is 4.79 Å². The van der Waals surface area contributed by atoms with E-state index in [-0.39, 0.29) is 5.91 Å². The summed E-state index contributed by atoms with van der Waals surface area (Å²) in [6.07, 6.45) is 5.05. The van der Waals surface area contributed by atoms with E-state index in [1.165, 1.54) is 0 Å². The first kappa shape index (κ1) is 18.4. The summed E-state index contributed by atoms with van der Waals surface area (Å²) in [5, 5.41) is 4.21. The van der Waals surface area contributed by atoms with Crippen LogP contribution in [0.4, 0.5) is 16.8 Å². The molecule has 144 valence electrons. The number of carbonyl (C=O) groups excluding carboxylic acids is 1. The van der Waals surface area contributed by atoms with Crippen LogP contribution in [0.25, 0.3) is 10.6 Å². The lowest BCUT2D eigenvalue weighted by Gasteiger charge is -2.14. The van der Waals surface area contributed by atoms with E-state index in [0.29, 0.717) is 12.3 Å². The predicted molar refractivity (Wildman–Crippen MR) is 112 cm³/mol. The quantitative estimate of drug-likeness (QED) is 0.665. The normalized spacial score (nSPS) is 16.3. The van der Waals surface area contributed by atoms with Gasteiger partial charge in [-0.05, 0) is 49.1 Å². The van der Waals surface area contributed by atoms with Gasteiger partial charge in [0, 0.05) is 31.9 Å². The van der Waals surface area contributed by atoms with Crippen LogP contribution in [0.3, 0.4) is 0 Å². The van der Waals surface area contributed by atoms with Gasteiger partial charge in [0.2, 0.25) is 5.91 Å². The summed E-state index contributed by atoms with van der Waals surface area (Å²) < 4.78 is 0. The molecule has 0 aromatic carbocycles. The minimum atomic E-state index is -0.233. The summed E-state index contributed by atoms with van der Waals surface area (Å²) in [5.41, 5.74) is 7.33. The second-order valence-corrected chi connectivity index (χ2v) is 8.04. The zero-order chi connectivity index (χ0) is 19.5. The Balaban J connectivity index is 1.47. The maximum Gasteiger partial charge on any atom is 0.217 e. The maximum absolute atomic E-state index is 11.1. The smallest absolute Gasteiger partial charge is 0.217 e. The average molecular weight is 395 g/mol. The molecule has 0 radical (unpaired) electrons. The van der Waals surface area contributed by atoms with Crippen molar-refractivity contribution in [1.82, 2.24) is 15.0 Å². The highest BCUT2D eigenvalue weighted by atomic mass is 32.1. The third-order valence-corrected chi connectivity index (χ3v) is 5.79. The number of nitrogens with zero attached hydrogens (tertiary/aromatic N) is 4. The van der Waals surface area contributed by atoms with E-state index in [0.717, 1.165) is 52.4 Å². The Bertz CT molecular complexity index is 988. The third-order valence-electron chi connectivity index (χ3n) is 4.71.